The van der Waals surface area contributed by atoms with E-state index in [0.717, 1.165) is 23.7 Å². The average Bonchev–Trinajstić information content (AvgIpc) is 3.16. The third-order valence-corrected chi connectivity index (χ3v) is 6.21. The summed E-state index contributed by atoms with van der Waals surface area (Å²) in [6.07, 6.45) is -6.23. The Balaban J connectivity index is 1.78. The minimum Gasteiger partial charge on any atom is -0.457 e. The Bertz CT molecular complexity index is 1300. The summed E-state index contributed by atoms with van der Waals surface area (Å²) in [5.74, 6) is -1.73. The molecule has 0 radical (unpaired) electrons. The van der Waals surface area contributed by atoms with E-state index in [0.29, 0.717) is 16.3 Å². The second kappa shape index (κ2) is 12.2. The van der Waals surface area contributed by atoms with Gasteiger partial charge >= 0.3 is 12.3 Å². The quantitative estimate of drug-likeness (QED) is 0.158. The van der Waals surface area contributed by atoms with Crippen molar-refractivity contribution in [3.8, 4) is 11.5 Å². The fourth-order valence-electron chi connectivity index (χ4n) is 2.89. The van der Waals surface area contributed by atoms with E-state index in [1.165, 1.54) is 42.6 Å². The zero-order chi connectivity index (χ0) is 27.2. The monoisotopic (exact) mass is 561 g/mol. The molecule has 37 heavy (non-hydrogen) atoms. The molecule has 0 atom stereocenters. The van der Waals surface area contributed by atoms with E-state index in [1.807, 2.05) is 0 Å². The van der Waals surface area contributed by atoms with Crippen molar-refractivity contribution in [2.24, 2.45) is 0 Å². The molecule has 1 heterocycles. The summed E-state index contributed by atoms with van der Waals surface area (Å²) < 4.78 is 85.4. The van der Waals surface area contributed by atoms with Gasteiger partial charge in [0.1, 0.15) is 16.5 Å². The van der Waals surface area contributed by atoms with Crippen molar-refractivity contribution in [2.75, 3.05) is 11.9 Å². The summed E-state index contributed by atoms with van der Waals surface area (Å²) in [4.78, 5) is 13.0. The molecular weight excluding hydrogens is 544 g/mol. The van der Waals surface area contributed by atoms with Crippen molar-refractivity contribution in [1.29, 1.82) is 0 Å². The van der Waals surface area contributed by atoms with Crippen LogP contribution in [0.1, 0.15) is 23.2 Å². The highest BCUT2D eigenvalue weighted by Gasteiger charge is 2.30. The number of hydrogen-bond acceptors (Lipinski definition) is 5. The lowest BCUT2D eigenvalue weighted by Crippen LogP contribution is -2.17. The van der Waals surface area contributed by atoms with Crippen molar-refractivity contribution in [2.45, 2.75) is 19.5 Å². The van der Waals surface area contributed by atoms with E-state index in [4.69, 9.17) is 16.3 Å². The zero-order valence-corrected chi connectivity index (χ0v) is 20.5. The molecular formula is C24H18ClF6N3O2S. The van der Waals surface area contributed by atoms with Crippen LogP contribution in [-0.2, 0) is 11.0 Å². The number of hydrogen-bond donors (Lipinski definition) is 2. The van der Waals surface area contributed by atoms with E-state index in [2.05, 4.69) is 15.0 Å². The molecule has 5 nitrogen and oxygen atoms in total. The number of carbonyl (C=O) groups is 1. The smallest absolute Gasteiger partial charge is 0.416 e. The van der Waals surface area contributed by atoms with Crippen molar-refractivity contribution < 1.29 is 35.9 Å². The Kier molecular flexibility index (Phi) is 9.22. The number of anilines is 1. The molecule has 0 fully saturated rings. The predicted molar refractivity (Wildman–Crippen MR) is 129 cm³/mol. The lowest BCUT2D eigenvalue weighted by atomic mass is 10.1. The predicted octanol–water partition coefficient (Wildman–Crippen LogP) is 7.95. The number of amides is 1. The molecule has 0 aliphatic carbocycles. The van der Waals surface area contributed by atoms with Crippen LogP contribution in [0.4, 0.5) is 31.3 Å². The zero-order valence-electron chi connectivity index (χ0n) is 18.9. The van der Waals surface area contributed by atoms with E-state index >= 15 is 0 Å². The fraction of sp³-hybridized carbons (Fsp3) is 0.167. The van der Waals surface area contributed by atoms with E-state index in [1.54, 1.807) is 6.92 Å². The summed E-state index contributed by atoms with van der Waals surface area (Å²) in [7, 11) is 0. The first-order valence-electron chi connectivity index (χ1n) is 10.5. The van der Waals surface area contributed by atoms with Gasteiger partial charge in [-0.05, 0) is 60.4 Å². The molecule has 3 aromatic rings. The normalized spacial score (nSPS) is 11.7. The largest absolute Gasteiger partial charge is 0.457 e. The molecule has 0 aliphatic rings. The molecule has 13 heteroatoms. The summed E-state index contributed by atoms with van der Waals surface area (Å²) in [6.45, 7) is 1.45. The van der Waals surface area contributed by atoms with Gasteiger partial charge in [-0.15, -0.1) is 0 Å². The van der Waals surface area contributed by atoms with Gasteiger partial charge in [-0.25, -0.2) is 4.39 Å². The van der Waals surface area contributed by atoms with Gasteiger partial charge in [0.2, 0.25) is 0 Å². The highest BCUT2D eigenvalue weighted by molar-refractivity contribution is 7.11. The summed E-state index contributed by atoms with van der Waals surface area (Å²) in [6, 6.07) is 10.1. The Morgan fingerprint density at radius 3 is 2.16 bits per heavy atom. The van der Waals surface area contributed by atoms with Crippen molar-refractivity contribution in [1.82, 2.24) is 9.69 Å². The molecule has 1 amide bonds. The van der Waals surface area contributed by atoms with Crippen LogP contribution < -0.4 is 15.4 Å². The number of benzene rings is 2. The Labute approximate surface area is 216 Å². The summed E-state index contributed by atoms with van der Waals surface area (Å²) in [5, 5.41) is 5.81. The number of aryl methyl sites for hydroxylation is 1. The molecule has 0 saturated heterocycles. The van der Waals surface area contributed by atoms with Crippen LogP contribution in [0.3, 0.4) is 0 Å². The third-order valence-electron chi connectivity index (χ3n) is 4.79. The first-order valence-corrected chi connectivity index (χ1v) is 11.6. The van der Waals surface area contributed by atoms with Crippen molar-refractivity contribution in [3.05, 3.63) is 88.5 Å². The van der Waals surface area contributed by atoms with Gasteiger partial charge in [0, 0.05) is 19.2 Å². The van der Waals surface area contributed by atoms with Crippen LogP contribution in [0.2, 0.25) is 5.02 Å². The van der Waals surface area contributed by atoms with Gasteiger partial charge in [-0.3, -0.25) is 4.79 Å². The summed E-state index contributed by atoms with van der Waals surface area (Å²) in [5.41, 5.74) is 0.137. The molecule has 2 N–H and O–H groups in total. The number of rotatable bonds is 9. The molecule has 196 valence electrons. The minimum atomic E-state index is -4.47. The van der Waals surface area contributed by atoms with E-state index in [-0.39, 0.29) is 28.6 Å². The first kappa shape index (κ1) is 28.1. The Morgan fingerprint density at radius 1 is 1.05 bits per heavy atom. The van der Waals surface area contributed by atoms with Gasteiger partial charge in [0.05, 0.1) is 21.9 Å². The van der Waals surface area contributed by atoms with Crippen LogP contribution in [0, 0.1) is 6.92 Å². The van der Waals surface area contributed by atoms with Gasteiger partial charge in [-0.2, -0.15) is 26.3 Å². The minimum absolute atomic E-state index is 0.0632. The van der Waals surface area contributed by atoms with E-state index in [9.17, 15) is 31.1 Å². The maximum absolute atomic E-state index is 13.1. The third kappa shape index (κ3) is 7.73. The number of aromatic nitrogens is 1. The molecule has 0 bridgehead atoms. The Hall–Kier alpha value is -3.51. The molecule has 2 aromatic carbocycles. The number of nitrogens with zero attached hydrogens (tertiary/aromatic N) is 1. The second-order valence-corrected chi connectivity index (χ2v) is 8.59. The summed E-state index contributed by atoms with van der Waals surface area (Å²) >= 11 is 7.10. The van der Waals surface area contributed by atoms with Crippen LogP contribution in [0.5, 0.6) is 11.5 Å². The van der Waals surface area contributed by atoms with Crippen molar-refractivity contribution in [3.63, 3.8) is 0 Å². The molecule has 0 aliphatic heterocycles. The van der Waals surface area contributed by atoms with Crippen LogP contribution in [0.25, 0.3) is 5.57 Å². The second-order valence-electron chi connectivity index (χ2n) is 7.44. The molecule has 1 aromatic heterocycles. The molecule has 0 saturated carbocycles. The first-order chi connectivity index (χ1) is 17.5. The van der Waals surface area contributed by atoms with Crippen LogP contribution in [-0.4, -0.2) is 16.8 Å². The lowest BCUT2D eigenvalue weighted by Gasteiger charge is -2.12. The van der Waals surface area contributed by atoms with E-state index < -0.39 is 36.0 Å². The molecule has 0 unspecified atom stereocenters. The molecule has 3 rings (SSSR count). The maximum Gasteiger partial charge on any atom is 0.416 e. The number of halogens is 7. The SMILES string of the molecule is Cc1nsc(NC(=O)/C(=C\NCCC(F)=C(F)F)c2ccc(Oc3ccc(C(F)(F)F)cc3)cc2)c1Cl. The van der Waals surface area contributed by atoms with Crippen LogP contribution >= 0.6 is 23.1 Å². The maximum atomic E-state index is 13.1. The van der Waals surface area contributed by atoms with Gasteiger partial charge in [-0.1, -0.05) is 23.7 Å². The number of carbonyl (C=O) groups excluding carboxylic acids is 1. The molecule has 0 spiro atoms. The van der Waals surface area contributed by atoms with Gasteiger partial charge < -0.3 is 15.4 Å². The van der Waals surface area contributed by atoms with Crippen LogP contribution in [0.15, 0.2) is 66.6 Å². The van der Waals surface area contributed by atoms with Gasteiger partial charge in [0.15, 0.2) is 5.83 Å². The Morgan fingerprint density at radius 2 is 1.65 bits per heavy atom. The fourth-order valence-corrected chi connectivity index (χ4v) is 3.82. The standard InChI is InChI=1S/C24H18ClF6N3O2S/c1-13-20(25)23(37-34-13)33-22(35)18(12-32-11-10-19(26)21(27)28)14-2-6-16(7-3-14)36-17-8-4-15(5-9-17)24(29,30)31/h2-9,12,32H,10-11H2,1H3,(H,33,35)/b18-12-. The topological polar surface area (TPSA) is 63.2 Å². The highest BCUT2D eigenvalue weighted by Crippen LogP contribution is 2.33. The number of ether oxygens (including phenoxy) is 1. The lowest BCUT2D eigenvalue weighted by molar-refractivity contribution is -0.137. The average molecular weight is 562 g/mol. The highest BCUT2D eigenvalue weighted by atomic mass is 35.5. The van der Waals surface area contributed by atoms with Crippen molar-refractivity contribution >= 4 is 39.6 Å². The number of alkyl halides is 3. The van der Waals surface area contributed by atoms with Gasteiger partial charge in [0.25, 0.3) is 5.91 Å². The number of nitrogens with one attached hydrogen (secondary N) is 2.